The SMILES string of the molecule is CC1C(F)=C(F)C=C(F)C1(C)F. The molecule has 0 radical (unpaired) electrons. The molecule has 1 rings (SSSR count). The summed E-state index contributed by atoms with van der Waals surface area (Å²) in [5.74, 6) is -5.23. The van der Waals surface area contributed by atoms with Gasteiger partial charge in [0.15, 0.2) is 11.5 Å². The van der Waals surface area contributed by atoms with Crippen molar-refractivity contribution >= 4 is 0 Å². The summed E-state index contributed by atoms with van der Waals surface area (Å²) in [6.45, 7) is 1.98. The topological polar surface area (TPSA) is 0 Å². The zero-order valence-corrected chi connectivity index (χ0v) is 6.67. The van der Waals surface area contributed by atoms with Crippen molar-refractivity contribution < 1.29 is 17.6 Å². The highest BCUT2D eigenvalue weighted by Crippen LogP contribution is 2.41. The lowest BCUT2D eigenvalue weighted by Gasteiger charge is -2.27. The molecule has 0 bridgehead atoms. The van der Waals surface area contributed by atoms with Crippen LogP contribution in [0, 0.1) is 5.92 Å². The van der Waals surface area contributed by atoms with Crippen LogP contribution in [-0.4, -0.2) is 5.67 Å². The van der Waals surface area contributed by atoms with E-state index in [9.17, 15) is 17.6 Å². The van der Waals surface area contributed by atoms with E-state index in [1.807, 2.05) is 0 Å². The van der Waals surface area contributed by atoms with Crippen molar-refractivity contribution in [2.24, 2.45) is 5.92 Å². The van der Waals surface area contributed by atoms with Gasteiger partial charge < -0.3 is 0 Å². The molecule has 4 heteroatoms. The van der Waals surface area contributed by atoms with E-state index in [0.717, 1.165) is 13.8 Å². The molecule has 0 aromatic heterocycles. The number of halogens is 4. The van der Waals surface area contributed by atoms with Gasteiger partial charge in [-0.2, -0.15) is 0 Å². The van der Waals surface area contributed by atoms with Crippen molar-refractivity contribution in [1.29, 1.82) is 0 Å². The molecule has 0 nitrogen and oxygen atoms in total. The van der Waals surface area contributed by atoms with E-state index < -0.39 is 29.1 Å². The van der Waals surface area contributed by atoms with Gasteiger partial charge in [0.1, 0.15) is 11.7 Å². The van der Waals surface area contributed by atoms with Gasteiger partial charge in [-0.3, -0.25) is 0 Å². The summed E-state index contributed by atoms with van der Waals surface area (Å²) in [7, 11) is 0. The molecule has 68 valence electrons. The molecular formula is C8H8F4. The zero-order chi connectivity index (χ0) is 9.52. The molecule has 2 unspecified atom stereocenters. The van der Waals surface area contributed by atoms with Crippen LogP contribution in [0.15, 0.2) is 23.6 Å². The number of hydrogen-bond acceptors (Lipinski definition) is 0. The molecule has 0 saturated carbocycles. The standard InChI is InChI=1S/C8H8F4/c1-4-7(11)5(9)3-6(10)8(4,2)12/h3-4H,1-2H3. The minimum Gasteiger partial charge on any atom is -0.236 e. The summed E-state index contributed by atoms with van der Waals surface area (Å²) < 4.78 is 51.0. The maximum atomic E-state index is 13.2. The maximum absolute atomic E-state index is 13.2. The monoisotopic (exact) mass is 180 g/mol. The third-order valence-corrected chi connectivity index (χ3v) is 2.14. The third kappa shape index (κ3) is 1.15. The Bertz CT molecular complexity index is 262. The first kappa shape index (κ1) is 9.29. The van der Waals surface area contributed by atoms with Crippen LogP contribution in [0.1, 0.15) is 13.8 Å². The van der Waals surface area contributed by atoms with E-state index in [2.05, 4.69) is 0 Å². The van der Waals surface area contributed by atoms with Gasteiger partial charge >= 0.3 is 0 Å². The van der Waals surface area contributed by atoms with E-state index in [0.29, 0.717) is 0 Å². The van der Waals surface area contributed by atoms with Crippen LogP contribution in [0.4, 0.5) is 17.6 Å². The molecular weight excluding hydrogens is 172 g/mol. The van der Waals surface area contributed by atoms with Crippen LogP contribution >= 0.6 is 0 Å². The van der Waals surface area contributed by atoms with Crippen LogP contribution in [0.5, 0.6) is 0 Å². The Morgan fingerprint density at radius 1 is 1.33 bits per heavy atom. The molecule has 0 fully saturated rings. The minimum atomic E-state index is -2.43. The predicted molar refractivity (Wildman–Crippen MR) is 37.1 cm³/mol. The molecule has 0 N–H and O–H groups in total. The average molecular weight is 180 g/mol. The fraction of sp³-hybridized carbons (Fsp3) is 0.500. The van der Waals surface area contributed by atoms with Crippen LogP contribution in [0.25, 0.3) is 0 Å². The van der Waals surface area contributed by atoms with Gasteiger partial charge in [-0.1, -0.05) is 6.92 Å². The van der Waals surface area contributed by atoms with Crippen molar-refractivity contribution in [3.05, 3.63) is 23.6 Å². The van der Waals surface area contributed by atoms with Crippen LogP contribution < -0.4 is 0 Å². The first-order chi connectivity index (χ1) is 5.37. The number of rotatable bonds is 0. The Labute approximate surface area is 67.6 Å². The van der Waals surface area contributed by atoms with E-state index in [1.54, 1.807) is 0 Å². The molecule has 0 aliphatic heterocycles. The molecule has 0 spiro atoms. The smallest absolute Gasteiger partial charge is 0.168 e. The lowest BCUT2D eigenvalue weighted by Crippen LogP contribution is -2.31. The first-order valence-electron chi connectivity index (χ1n) is 3.49. The molecule has 1 aliphatic carbocycles. The second-order valence-electron chi connectivity index (χ2n) is 2.99. The Kier molecular flexibility index (Phi) is 2.02. The second kappa shape index (κ2) is 2.61. The van der Waals surface area contributed by atoms with Gasteiger partial charge in [-0.05, 0) is 6.92 Å². The van der Waals surface area contributed by atoms with E-state index in [-0.39, 0.29) is 6.08 Å². The number of allylic oxidation sites excluding steroid dienone is 4. The fourth-order valence-corrected chi connectivity index (χ4v) is 0.973. The molecule has 0 saturated heterocycles. The summed E-state index contributed by atoms with van der Waals surface area (Å²) >= 11 is 0. The molecule has 1 aliphatic rings. The minimum absolute atomic E-state index is 0.245. The van der Waals surface area contributed by atoms with Crippen molar-refractivity contribution in [3.63, 3.8) is 0 Å². The first-order valence-corrected chi connectivity index (χ1v) is 3.49. The van der Waals surface area contributed by atoms with E-state index >= 15 is 0 Å². The highest BCUT2D eigenvalue weighted by molar-refractivity contribution is 5.31. The van der Waals surface area contributed by atoms with Gasteiger partial charge in [0.05, 0.1) is 5.92 Å². The maximum Gasteiger partial charge on any atom is 0.168 e. The lowest BCUT2D eigenvalue weighted by molar-refractivity contribution is 0.122. The largest absolute Gasteiger partial charge is 0.236 e. The quantitative estimate of drug-likeness (QED) is 0.501. The fourth-order valence-electron chi connectivity index (χ4n) is 0.973. The van der Waals surface area contributed by atoms with Gasteiger partial charge in [-0.15, -0.1) is 0 Å². The summed E-state index contributed by atoms with van der Waals surface area (Å²) in [5.41, 5.74) is -2.43. The molecule has 0 heterocycles. The molecule has 2 atom stereocenters. The Morgan fingerprint density at radius 3 is 2.33 bits per heavy atom. The number of hydrogen-bond donors (Lipinski definition) is 0. The highest BCUT2D eigenvalue weighted by atomic mass is 19.2. The Morgan fingerprint density at radius 2 is 1.83 bits per heavy atom. The lowest BCUT2D eigenvalue weighted by atomic mass is 9.86. The van der Waals surface area contributed by atoms with Crippen LogP contribution in [0.2, 0.25) is 0 Å². The Hall–Kier alpha value is -0.800. The summed E-state index contributed by atoms with van der Waals surface area (Å²) in [5, 5.41) is 0. The van der Waals surface area contributed by atoms with Crippen LogP contribution in [-0.2, 0) is 0 Å². The average Bonchev–Trinajstić information content (AvgIpc) is 1.99. The third-order valence-electron chi connectivity index (χ3n) is 2.14. The molecule has 0 aromatic carbocycles. The van der Waals surface area contributed by atoms with Gasteiger partial charge in [0, 0.05) is 6.08 Å². The van der Waals surface area contributed by atoms with Crippen molar-refractivity contribution in [3.8, 4) is 0 Å². The summed E-state index contributed by atoms with van der Waals surface area (Å²) in [6.07, 6.45) is 0.245. The van der Waals surface area contributed by atoms with Crippen LogP contribution in [0.3, 0.4) is 0 Å². The summed E-state index contributed by atoms with van der Waals surface area (Å²) in [4.78, 5) is 0. The van der Waals surface area contributed by atoms with Gasteiger partial charge in [0.2, 0.25) is 0 Å². The molecule has 0 amide bonds. The zero-order valence-electron chi connectivity index (χ0n) is 6.67. The van der Waals surface area contributed by atoms with Gasteiger partial charge in [-0.25, -0.2) is 17.6 Å². The normalized spacial score (nSPS) is 36.8. The van der Waals surface area contributed by atoms with Crippen molar-refractivity contribution in [2.45, 2.75) is 19.5 Å². The van der Waals surface area contributed by atoms with E-state index in [1.165, 1.54) is 0 Å². The molecule has 0 aromatic rings. The Balaban J connectivity index is 3.16. The van der Waals surface area contributed by atoms with Gasteiger partial charge in [0.25, 0.3) is 0 Å². The van der Waals surface area contributed by atoms with E-state index in [4.69, 9.17) is 0 Å². The predicted octanol–water partition coefficient (Wildman–Crippen LogP) is 3.37. The highest BCUT2D eigenvalue weighted by Gasteiger charge is 2.43. The summed E-state index contributed by atoms with van der Waals surface area (Å²) in [6, 6.07) is 0. The van der Waals surface area contributed by atoms with Crippen molar-refractivity contribution in [2.75, 3.05) is 0 Å². The number of alkyl halides is 1. The molecule has 12 heavy (non-hydrogen) atoms. The van der Waals surface area contributed by atoms with Crippen molar-refractivity contribution in [1.82, 2.24) is 0 Å². The second-order valence-corrected chi connectivity index (χ2v) is 2.99.